The lowest BCUT2D eigenvalue weighted by Crippen LogP contribution is -2.24. The Balaban J connectivity index is 2.64. The maximum absolute atomic E-state index is 10.8. The lowest BCUT2D eigenvalue weighted by atomic mass is 10.3. The second-order valence-corrected chi connectivity index (χ2v) is 2.17. The molecule has 0 aromatic carbocycles. The van der Waals surface area contributed by atoms with E-state index in [-0.39, 0.29) is 6.03 Å². The summed E-state index contributed by atoms with van der Waals surface area (Å²) in [5, 5.41) is 5.03. The molecule has 1 aromatic rings. The lowest BCUT2D eigenvalue weighted by Gasteiger charge is -2.00. The summed E-state index contributed by atoms with van der Waals surface area (Å²) in [5.41, 5.74) is 1.61. The average Bonchev–Trinajstić information content (AvgIpc) is 2.37. The minimum absolute atomic E-state index is 0.241. The maximum Gasteiger partial charge on any atom is 0.319 e. The summed E-state index contributed by atoms with van der Waals surface area (Å²) in [4.78, 5) is 10.8. The number of urea groups is 1. The zero-order chi connectivity index (χ0) is 8.27. The van der Waals surface area contributed by atoms with Crippen LogP contribution in [0.5, 0.6) is 0 Å². The molecule has 0 spiro atoms. The number of nitrogens with one attached hydrogen (secondary N) is 2. The van der Waals surface area contributed by atoms with Gasteiger partial charge in [0.2, 0.25) is 0 Å². The van der Waals surface area contributed by atoms with Crippen LogP contribution in [-0.2, 0) is 0 Å². The molecule has 0 aliphatic heterocycles. The van der Waals surface area contributed by atoms with Crippen LogP contribution in [0.3, 0.4) is 0 Å². The van der Waals surface area contributed by atoms with E-state index in [0.29, 0.717) is 5.69 Å². The Hall–Kier alpha value is -1.45. The first-order chi connectivity index (χ1) is 5.24. The van der Waals surface area contributed by atoms with Crippen molar-refractivity contribution in [2.24, 2.45) is 0 Å². The summed E-state index contributed by atoms with van der Waals surface area (Å²) in [6.45, 7) is 1.86. The van der Waals surface area contributed by atoms with Gasteiger partial charge in [-0.05, 0) is 6.92 Å². The monoisotopic (exact) mass is 154 g/mol. The molecule has 0 saturated heterocycles. The van der Waals surface area contributed by atoms with Crippen LogP contribution in [0.2, 0.25) is 0 Å². The molecule has 0 bridgehead atoms. The number of aryl methyl sites for hydroxylation is 1. The van der Waals surface area contributed by atoms with Crippen LogP contribution in [0.15, 0.2) is 16.9 Å². The summed E-state index contributed by atoms with van der Waals surface area (Å²) in [6, 6.07) is -0.241. The molecule has 0 saturated carbocycles. The van der Waals surface area contributed by atoms with E-state index in [1.807, 2.05) is 6.92 Å². The smallest absolute Gasteiger partial charge is 0.319 e. The largest absolute Gasteiger partial charge is 0.470 e. The van der Waals surface area contributed by atoms with E-state index < -0.39 is 0 Å². The number of hydrogen-bond donors (Lipinski definition) is 2. The predicted molar refractivity (Wildman–Crippen MR) is 41.5 cm³/mol. The van der Waals surface area contributed by atoms with E-state index in [9.17, 15) is 4.79 Å². The summed E-state index contributed by atoms with van der Waals surface area (Å²) in [7, 11) is 1.56. The Kier molecular flexibility index (Phi) is 2.15. The Bertz CT molecular complexity index is 255. The Morgan fingerprint density at radius 3 is 2.73 bits per heavy atom. The number of amides is 2. The molecule has 1 rings (SSSR count). The normalized spacial score (nSPS) is 9.27. The van der Waals surface area contributed by atoms with Crippen molar-refractivity contribution in [2.45, 2.75) is 6.92 Å². The molecule has 0 atom stereocenters. The number of anilines is 1. The summed E-state index contributed by atoms with van der Waals surface area (Å²) >= 11 is 0. The fourth-order valence-electron chi connectivity index (χ4n) is 0.673. The van der Waals surface area contributed by atoms with Gasteiger partial charge < -0.3 is 15.1 Å². The molecule has 0 unspecified atom stereocenters. The minimum Gasteiger partial charge on any atom is -0.470 e. The number of carbonyl (C=O) groups is 1. The zero-order valence-corrected chi connectivity index (χ0v) is 6.47. The van der Waals surface area contributed by atoms with Crippen LogP contribution in [0.1, 0.15) is 5.56 Å². The van der Waals surface area contributed by atoms with Gasteiger partial charge in [0, 0.05) is 12.6 Å². The third-order valence-electron chi connectivity index (χ3n) is 1.33. The third kappa shape index (κ3) is 1.73. The highest BCUT2D eigenvalue weighted by atomic mass is 16.3. The zero-order valence-electron chi connectivity index (χ0n) is 6.47. The highest BCUT2D eigenvalue weighted by Gasteiger charge is 2.02. The molecule has 11 heavy (non-hydrogen) atoms. The van der Waals surface area contributed by atoms with Crippen LogP contribution < -0.4 is 10.6 Å². The van der Waals surface area contributed by atoms with E-state index >= 15 is 0 Å². The molecule has 4 heteroatoms. The van der Waals surface area contributed by atoms with Gasteiger partial charge in [-0.25, -0.2) is 4.79 Å². The predicted octanol–water partition coefficient (Wildman–Crippen LogP) is 1.34. The lowest BCUT2D eigenvalue weighted by molar-refractivity contribution is 0.254. The van der Waals surface area contributed by atoms with Gasteiger partial charge >= 0.3 is 6.03 Å². The van der Waals surface area contributed by atoms with Gasteiger partial charge in [0.25, 0.3) is 0 Å². The van der Waals surface area contributed by atoms with E-state index in [4.69, 9.17) is 4.42 Å². The molecule has 0 radical (unpaired) electrons. The van der Waals surface area contributed by atoms with Crippen molar-refractivity contribution in [3.63, 3.8) is 0 Å². The molecule has 60 valence electrons. The van der Waals surface area contributed by atoms with Crippen LogP contribution in [0, 0.1) is 6.92 Å². The third-order valence-corrected chi connectivity index (χ3v) is 1.33. The van der Waals surface area contributed by atoms with E-state index in [1.165, 1.54) is 6.26 Å². The molecule has 1 heterocycles. The number of carbonyl (C=O) groups excluding carboxylic acids is 1. The van der Waals surface area contributed by atoms with Crippen LogP contribution >= 0.6 is 0 Å². The van der Waals surface area contributed by atoms with E-state index in [0.717, 1.165) is 5.56 Å². The number of furan rings is 1. The number of hydrogen-bond acceptors (Lipinski definition) is 2. The molecule has 2 N–H and O–H groups in total. The van der Waals surface area contributed by atoms with Crippen molar-refractivity contribution in [3.8, 4) is 0 Å². The van der Waals surface area contributed by atoms with Crippen molar-refractivity contribution < 1.29 is 9.21 Å². The van der Waals surface area contributed by atoms with Crippen LogP contribution in [0.25, 0.3) is 0 Å². The van der Waals surface area contributed by atoms with E-state index in [1.54, 1.807) is 13.3 Å². The van der Waals surface area contributed by atoms with Crippen molar-refractivity contribution in [3.05, 3.63) is 18.1 Å². The van der Waals surface area contributed by atoms with Crippen molar-refractivity contribution in [1.82, 2.24) is 5.32 Å². The van der Waals surface area contributed by atoms with Gasteiger partial charge in [-0.2, -0.15) is 0 Å². The second-order valence-electron chi connectivity index (χ2n) is 2.17. The fourth-order valence-corrected chi connectivity index (χ4v) is 0.673. The van der Waals surface area contributed by atoms with Gasteiger partial charge in [0.05, 0.1) is 12.0 Å². The van der Waals surface area contributed by atoms with Crippen molar-refractivity contribution >= 4 is 11.7 Å². The first kappa shape index (κ1) is 7.65. The molecular formula is C7H10N2O2. The standard InChI is InChI=1S/C7H10N2O2/c1-5-3-11-4-6(5)9-7(10)8-2/h3-4H,1-2H3,(H2,8,9,10). The Morgan fingerprint density at radius 1 is 1.55 bits per heavy atom. The molecule has 0 aliphatic rings. The fraction of sp³-hybridized carbons (Fsp3) is 0.286. The summed E-state index contributed by atoms with van der Waals surface area (Å²) in [6.07, 6.45) is 3.07. The summed E-state index contributed by atoms with van der Waals surface area (Å²) in [5.74, 6) is 0. The van der Waals surface area contributed by atoms with Gasteiger partial charge in [0.15, 0.2) is 0 Å². The van der Waals surface area contributed by atoms with E-state index in [2.05, 4.69) is 10.6 Å². The molecule has 0 aliphatic carbocycles. The quantitative estimate of drug-likeness (QED) is 0.641. The minimum atomic E-state index is -0.241. The van der Waals surface area contributed by atoms with Crippen molar-refractivity contribution in [2.75, 3.05) is 12.4 Å². The molecule has 2 amide bonds. The van der Waals surface area contributed by atoms with Crippen LogP contribution in [0.4, 0.5) is 10.5 Å². The maximum atomic E-state index is 10.8. The Morgan fingerprint density at radius 2 is 2.27 bits per heavy atom. The van der Waals surface area contributed by atoms with Gasteiger partial charge in [-0.3, -0.25) is 0 Å². The first-order valence-electron chi connectivity index (χ1n) is 3.25. The van der Waals surface area contributed by atoms with Crippen molar-refractivity contribution in [1.29, 1.82) is 0 Å². The van der Waals surface area contributed by atoms with Crippen LogP contribution in [-0.4, -0.2) is 13.1 Å². The highest BCUT2D eigenvalue weighted by Crippen LogP contribution is 2.14. The number of rotatable bonds is 1. The average molecular weight is 154 g/mol. The molecule has 1 aromatic heterocycles. The SMILES string of the molecule is CNC(=O)Nc1cocc1C. The summed E-state index contributed by atoms with van der Waals surface area (Å²) < 4.78 is 4.85. The Labute approximate surface area is 64.6 Å². The van der Waals surface area contributed by atoms with Gasteiger partial charge in [-0.15, -0.1) is 0 Å². The van der Waals surface area contributed by atoms with Gasteiger partial charge in [-0.1, -0.05) is 0 Å². The molecule has 0 fully saturated rings. The highest BCUT2D eigenvalue weighted by molar-refractivity contribution is 5.89. The van der Waals surface area contributed by atoms with Gasteiger partial charge in [0.1, 0.15) is 6.26 Å². The second kappa shape index (κ2) is 3.09. The molecular weight excluding hydrogens is 144 g/mol. The molecule has 4 nitrogen and oxygen atoms in total. The topological polar surface area (TPSA) is 54.3 Å². The first-order valence-corrected chi connectivity index (χ1v) is 3.25.